The number of ether oxygens (including phenoxy) is 1. The molecule has 122 valence electrons. The lowest BCUT2D eigenvalue weighted by Crippen LogP contribution is -2.05. The van der Waals surface area contributed by atoms with Crippen molar-refractivity contribution in [2.45, 2.75) is 20.0 Å². The van der Waals surface area contributed by atoms with E-state index in [1.54, 1.807) is 15.4 Å². The Hall–Kier alpha value is -2.74. The molecule has 0 bridgehead atoms. The lowest BCUT2D eigenvalue weighted by atomic mass is 10.2. The van der Waals surface area contributed by atoms with Crippen LogP contribution in [0.3, 0.4) is 0 Å². The van der Waals surface area contributed by atoms with Crippen molar-refractivity contribution in [3.05, 3.63) is 36.7 Å². The average Bonchev–Trinajstić information content (AvgIpc) is 3.22. The van der Waals surface area contributed by atoms with Crippen molar-refractivity contribution in [3.8, 4) is 27.7 Å². The number of hydrogen-bond acceptors (Lipinski definition) is 6. The second-order valence-electron chi connectivity index (χ2n) is 5.72. The minimum absolute atomic E-state index is 0.159. The van der Waals surface area contributed by atoms with Crippen molar-refractivity contribution < 1.29 is 4.74 Å². The molecule has 0 N–H and O–H groups in total. The Morgan fingerprint density at radius 1 is 1.08 bits per heavy atom. The molecule has 3 aromatic heterocycles. The van der Waals surface area contributed by atoms with Crippen molar-refractivity contribution >= 4 is 16.3 Å². The summed E-state index contributed by atoms with van der Waals surface area (Å²) < 4.78 is 9.17. The third kappa shape index (κ3) is 2.65. The Balaban J connectivity index is 1.69. The molecule has 4 aromatic rings. The number of nitrogens with zero attached hydrogens (tertiary/aromatic N) is 6. The van der Waals surface area contributed by atoms with Gasteiger partial charge in [0, 0.05) is 18.8 Å². The maximum atomic E-state index is 5.67. The van der Waals surface area contributed by atoms with Gasteiger partial charge in [-0.1, -0.05) is 11.3 Å². The molecule has 0 fully saturated rings. The molecule has 8 heteroatoms. The van der Waals surface area contributed by atoms with Crippen LogP contribution >= 0.6 is 11.3 Å². The zero-order valence-corrected chi connectivity index (χ0v) is 14.4. The number of aryl methyl sites for hydroxylation is 1. The Morgan fingerprint density at radius 3 is 2.54 bits per heavy atom. The monoisotopic (exact) mass is 340 g/mol. The molecule has 24 heavy (non-hydrogen) atoms. The standard InChI is InChI=1S/C16H16N6OS/c1-10(2)23-13-6-4-11(5-7-13)15-20-22-14(18-19-16(22)24-15)12-8-17-21(3)9-12/h4-10H,1-3H3. The molecule has 0 amide bonds. The zero-order valence-electron chi connectivity index (χ0n) is 13.5. The zero-order chi connectivity index (χ0) is 16.7. The second kappa shape index (κ2) is 5.72. The minimum Gasteiger partial charge on any atom is -0.491 e. The number of fused-ring (bicyclic) bond motifs is 1. The highest BCUT2D eigenvalue weighted by molar-refractivity contribution is 7.19. The molecular weight excluding hydrogens is 324 g/mol. The number of hydrogen-bond donors (Lipinski definition) is 0. The van der Waals surface area contributed by atoms with Gasteiger partial charge in [0.1, 0.15) is 10.8 Å². The van der Waals surface area contributed by atoms with Crippen LogP contribution in [0.1, 0.15) is 13.8 Å². The first-order chi connectivity index (χ1) is 11.6. The van der Waals surface area contributed by atoms with Gasteiger partial charge < -0.3 is 4.74 Å². The summed E-state index contributed by atoms with van der Waals surface area (Å²) in [6, 6.07) is 7.93. The van der Waals surface area contributed by atoms with Crippen LogP contribution < -0.4 is 4.74 Å². The van der Waals surface area contributed by atoms with Crippen LogP contribution in [0.2, 0.25) is 0 Å². The van der Waals surface area contributed by atoms with Crippen molar-refractivity contribution in [2.75, 3.05) is 0 Å². The molecule has 0 radical (unpaired) electrons. The van der Waals surface area contributed by atoms with E-state index in [1.807, 2.05) is 51.4 Å². The van der Waals surface area contributed by atoms with Crippen molar-refractivity contribution in [1.82, 2.24) is 29.6 Å². The highest BCUT2D eigenvalue weighted by atomic mass is 32.1. The van der Waals surface area contributed by atoms with Gasteiger partial charge in [0.2, 0.25) is 4.96 Å². The highest BCUT2D eigenvalue weighted by Crippen LogP contribution is 2.29. The summed E-state index contributed by atoms with van der Waals surface area (Å²) in [5.41, 5.74) is 1.92. The van der Waals surface area contributed by atoms with E-state index >= 15 is 0 Å². The van der Waals surface area contributed by atoms with Crippen molar-refractivity contribution in [2.24, 2.45) is 7.05 Å². The van der Waals surface area contributed by atoms with Gasteiger partial charge in [0.25, 0.3) is 0 Å². The fourth-order valence-corrected chi connectivity index (χ4v) is 3.24. The predicted octanol–water partition coefficient (Wildman–Crippen LogP) is 3.04. The molecule has 0 aliphatic heterocycles. The third-order valence-electron chi connectivity index (χ3n) is 3.43. The average molecular weight is 340 g/mol. The molecule has 0 saturated carbocycles. The van der Waals surface area contributed by atoms with Crippen LogP contribution in [0.15, 0.2) is 36.7 Å². The van der Waals surface area contributed by atoms with E-state index < -0.39 is 0 Å². The first-order valence-electron chi connectivity index (χ1n) is 7.58. The van der Waals surface area contributed by atoms with Gasteiger partial charge in [-0.25, -0.2) is 0 Å². The second-order valence-corrected chi connectivity index (χ2v) is 6.67. The van der Waals surface area contributed by atoms with Gasteiger partial charge in [0.15, 0.2) is 5.82 Å². The summed E-state index contributed by atoms with van der Waals surface area (Å²) in [7, 11) is 1.87. The Labute approximate surface area is 142 Å². The van der Waals surface area contributed by atoms with E-state index in [9.17, 15) is 0 Å². The topological polar surface area (TPSA) is 70.1 Å². The fourth-order valence-electron chi connectivity index (χ4n) is 2.40. The first kappa shape index (κ1) is 14.8. The van der Waals surface area contributed by atoms with E-state index in [1.165, 1.54) is 11.3 Å². The molecule has 0 aliphatic carbocycles. The number of benzene rings is 1. The summed E-state index contributed by atoms with van der Waals surface area (Å²) in [6.45, 7) is 4.02. The van der Waals surface area contributed by atoms with Crippen LogP contribution in [0, 0.1) is 0 Å². The van der Waals surface area contributed by atoms with Gasteiger partial charge in [-0.15, -0.1) is 10.2 Å². The molecule has 3 heterocycles. The first-order valence-corrected chi connectivity index (χ1v) is 8.40. The van der Waals surface area contributed by atoms with Crippen molar-refractivity contribution in [3.63, 3.8) is 0 Å². The summed E-state index contributed by atoms with van der Waals surface area (Å²) >= 11 is 1.50. The lowest BCUT2D eigenvalue weighted by molar-refractivity contribution is 0.242. The fraction of sp³-hybridized carbons (Fsp3) is 0.250. The molecule has 1 aromatic carbocycles. The SMILES string of the molecule is CC(C)Oc1ccc(-c2nn3c(-c4cnn(C)c4)nnc3s2)cc1. The van der Waals surface area contributed by atoms with E-state index in [-0.39, 0.29) is 6.10 Å². The summed E-state index contributed by atoms with van der Waals surface area (Å²) in [6.07, 6.45) is 3.81. The Morgan fingerprint density at radius 2 is 1.88 bits per heavy atom. The van der Waals surface area contributed by atoms with Crippen LogP contribution in [-0.2, 0) is 7.05 Å². The molecule has 4 rings (SSSR count). The molecule has 0 unspecified atom stereocenters. The smallest absolute Gasteiger partial charge is 0.235 e. The molecule has 0 aliphatic rings. The molecular formula is C16H16N6OS. The van der Waals surface area contributed by atoms with Gasteiger partial charge in [-0.05, 0) is 38.1 Å². The minimum atomic E-state index is 0.159. The van der Waals surface area contributed by atoms with Gasteiger partial charge in [-0.3, -0.25) is 4.68 Å². The molecule has 7 nitrogen and oxygen atoms in total. The van der Waals surface area contributed by atoms with Crippen LogP contribution in [0.5, 0.6) is 5.75 Å². The van der Waals surface area contributed by atoms with E-state index in [0.717, 1.165) is 26.8 Å². The largest absolute Gasteiger partial charge is 0.491 e. The summed E-state index contributed by atoms with van der Waals surface area (Å²) in [5, 5.41) is 18.1. The summed E-state index contributed by atoms with van der Waals surface area (Å²) in [4.78, 5) is 0.756. The van der Waals surface area contributed by atoms with Gasteiger partial charge in [0.05, 0.1) is 17.9 Å². The quantitative estimate of drug-likeness (QED) is 0.571. The number of aromatic nitrogens is 6. The normalized spacial score (nSPS) is 11.5. The maximum Gasteiger partial charge on any atom is 0.235 e. The van der Waals surface area contributed by atoms with E-state index in [2.05, 4.69) is 20.4 Å². The Kier molecular flexibility index (Phi) is 3.53. The number of rotatable bonds is 4. The van der Waals surface area contributed by atoms with Crippen molar-refractivity contribution in [1.29, 1.82) is 0 Å². The van der Waals surface area contributed by atoms with Gasteiger partial charge in [-0.2, -0.15) is 14.7 Å². The van der Waals surface area contributed by atoms with Crippen LogP contribution in [-0.4, -0.2) is 35.7 Å². The van der Waals surface area contributed by atoms with Gasteiger partial charge >= 0.3 is 0 Å². The molecule has 0 atom stereocenters. The highest BCUT2D eigenvalue weighted by Gasteiger charge is 2.15. The Bertz CT molecular complexity index is 982. The predicted molar refractivity (Wildman–Crippen MR) is 92.1 cm³/mol. The van der Waals surface area contributed by atoms with Crippen LogP contribution in [0.25, 0.3) is 26.9 Å². The molecule has 0 saturated heterocycles. The summed E-state index contributed by atoms with van der Waals surface area (Å²) in [5.74, 6) is 1.55. The lowest BCUT2D eigenvalue weighted by Gasteiger charge is -2.09. The van der Waals surface area contributed by atoms with Crippen LogP contribution in [0.4, 0.5) is 0 Å². The van der Waals surface area contributed by atoms with E-state index in [0.29, 0.717) is 5.82 Å². The van der Waals surface area contributed by atoms with E-state index in [4.69, 9.17) is 4.74 Å². The third-order valence-corrected chi connectivity index (χ3v) is 4.37. The maximum absolute atomic E-state index is 5.67. The molecule has 0 spiro atoms.